The number of carbonyl (C=O) groups excluding carboxylic acids is 4. The minimum absolute atomic E-state index is 0.00388. The fourth-order valence-electron chi connectivity index (χ4n) is 8.63. The molecule has 336 valence electrons. The maximum absolute atomic E-state index is 13.8. The number of aromatic amines is 1. The highest BCUT2D eigenvalue weighted by Gasteiger charge is 2.57. The first-order valence-corrected chi connectivity index (χ1v) is 21.8. The van der Waals surface area contributed by atoms with Gasteiger partial charge in [-0.3, -0.25) is 14.5 Å². The van der Waals surface area contributed by atoms with Gasteiger partial charge in [0.05, 0.1) is 41.7 Å². The number of urea groups is 1. The third-order valence-electron chi connectivity index (χ3n) is 12.2. The van der Waals surface area contributed by atoms with Crippen molar-refractivity contribution >= 4 is 64.4 Å². The van der Waals surface area contributed by atoms with Crippen molar-refractivity contribution in [2.75, 3.05) is 58.2 Å². The number of methoxy groups -OCH3 is 1. The average Bonchev–Trinajstić information content (AvgIpc) is 3.51. The van der Waals surface area contributed by atoms with Crippen LogP contribution >= 0.6 is 34.8 Å². The lowest BCUT2D eigenvalue weighted by atomic mass is 10.0. The summed E-state index contributed by atoms with van der Waals surface area (Å²) in [5, 5.41) is 5.34. The predicted molar refractivity (Wildman–Crippen MR) is 228 cm³/mol. The van der Waals surface area contributed by atoms with E-state index in [1.54, 1.807) is 40.3 Å². The van der Waals surface area contributed by atoms with Gasteiger partial charge >= 0.3 is 18.5 Å². The van der Waals surface area contributed by atoms with E-state index in [-0.39, 0.29) is 57.9 Å². The van der Waals surface area contributed by atoms with Crippen LogP contribution in [-0.2, 0) is 14.3 Å². The van der Waals surface area contributed by atoms with E-state index in [0.29, 0.717) is 81.3 Å². The zero-order valence-electron chi connectivity index (χ0n) is 34.7. The second kappa shape index (κ2) is 18.3. The number of amides is 5. The topological polar surface area (TPSA) is 152 Å². The molecule has 0 radical (unpaired) electrons. The van der Waals surface area contributed by atoms with Gasteiger partial charge in [-0.2, -0.15) is 0 Å². The monoisotopic (exact) mass is 924 g/mol. The molecule has 2 unspecified atom stereocenters. The third-order valence-corrected chi connectivity index (χ3v) is 13.3. The Morgan fingerprint density at radius 3 is 2.21 bits per heavy atom. The quantitative estimate of drug-likeness (QED) is 0.174. The van der Waals surface area contributed by atoms with Gasteiger partial charge in [0.15, 0.2) is 0 Å². The van der Waals surface area contributed by atoms with Crippen LogP contribution in [0.15, 0.2) is 42.6 Å². The Labute approximate surface area is 372 Å². The molecule has 2 aromatic carbocycles. The Hall–Kier alpha value is -4.45. The van der Waals surface area contributed by atoms with Crippen molar-refractivity contribution in [3.05, 3.63) is 53.4 Å². The molecule has 62 heavy (non-hydrogen) atoms. The highest BCUT2D eigenvalue weighted by molar-refractivity contribution is 6.52. The van der Waals surface area contributed by atoms with Gasteiger partial charge in [0.2, 0.25) is 11.8 Å². The molecule has 3 aromatic rings. The Kier molecular flexibility index (Phi) is 13.5. The molecular weight excluding hydrogens is 876 g/mol. The summed E-state index contributed by atoms with van der Waals surface area (Å²) >= 11 is 18.8. The Bertz CT molecular complexity index is 2140. The van der Waals surface area contributed by atoms with Gasteiger partial charge < -0.3 is 39.8 Å². The number of nitrogens with zero attached hydrogens (tertiary/aromatic N) is 5. The summed E-state index contributed by atoms with van der Waals surface area (Å²) in [4.78, 5) is 67.1. The Morgan fingerprint density at radius 2 is 1.61 bits per heavy atom. The highest BCUT2D eigenvalue weighted by Crippen LogP contribution is 2.54. The molecule has 3 aliphatic heterocycles. The van der Waals surface area contributed by atoms with Crippen molar-refractivity contribution in [1.29, 1.82) is 0 Å². The number of rotatable bonds is 10. The molecule has 14 nitrogen and oxygen atoms in total. The standard InChI is InChI=1S/C42H50Cl3F3N8O6/c1-23(2)35(52-40(60)61-4)38(58)56-22-24(3)17-33(56)36-49-21-32(50-36)26-7-5-25(6-8-26)28-18-30(43)31(19-34(28)62-42(46,47)48)51-39(59)55-15-13-53(14-16-55)27-9-11-54(12-10-27)37(57)29-20-41(29,44)45/h5-8,18-19,21,23-24,27,29,33,35H,9-17,20,22H2,1-4H3,(H,49,50)(H,51,59)(H,52,60)/t24?,29?,33-,35-/m0/s1. The molecule has 7 rings (SSSR count). The number of piperazine rings is 1. The molecule has 3 N–H and O–H groups in total. The number of H-pyrrole nitrogens is 1. The lowest BCUT2D eigenvalue weighted by molar-refractivity contribution is -0.274. The number of halogens is 6. The lowest BCUT2D eigenvalue weighted by Crippen LogP contribution is -2.55. The summed E-state index contributed by atoms with van der Waals surface area (Å²) in [6.07, 6.45) is -1.40. The van der Waals surface area contributed by atoms with E-state index in [4.69, 9.17) is 39.5 Å². The van der Waals surface area contributed by atoms with Crippen molar-refractivity contribution < 1.29 is 41.8 Å². The Morgan fingerprint density at radius 1 is 0.968 bits per heavy atom. The van der Waals surface area contributed by atoms with E-state index in [0.717, 1.165) is 18.9 Å². The first-order chi connectivity index (χ1) is 29.3. The molecule has 4 atom stereocenters. The fourth-order valence-corrected chi connectivity index (χ4v) is 9.34. The van der Waals surface area contributed by atoms with Crippen molar-refractivity contribution in [2.24, 2.45) is 17.8 Å². The minimum Gasteiger partial charge on any atom is -0.453 e. The number of likely N-dealkylation sites (tertiary alicyclic amines) is 2. The minimum atomic E-state index is -5.04. The molecule has 5 amide bonds. The van der Waals surface area contributed by atoms with Gasteiger partial charge in [0.25, 0.3) is 0 Å². The fraction of sp³-hybridized carbons (Fsp3) is 0.548. The van der Waals surface area contributed by atoms with E-state index >= 15 is 0 Å². The maximum atomic E-state index is 13.8. The molecule has 3 saturated heterocycles. The number of nitrogens with one attached hydrogen (secondary N) is 3. The average molecular weight is 926 g/mol. The van der Waals surface area contributed by atoms with Crippen molar-refractivity contribution in [2.45, 2.75) is 75.3 Å². The number of aromatic nitrogens is 2. The number of alkyl halides is 5. The van der Waals surface area contributed by atoms with Crippen LogP contribution in [-0.4, -0.2) is 129 Å². The van der Waals surface area contributed by atoms with Gasteiger partial charge in [-0.1, -0.05) is 56.6 Å². The largest absolute Gasteiger partial charge is 0.573 e. The van der Waals surface area contributed by atoms with Crippen LogP contribution in [0, 0.1) is 17.8 Å². The first kappa shape index (κ1) is 45.6. The summed E-state index contributed by atoms with van der Waals surface area (Å²) in [6.45, 7) is 9.39. The molecule has 4 fully saturated rings. The van der Waals surface area contributed by atoms with E-state index in [1.165, 1.54) is 13.2 Å². The number of carbonyl (C=O) groups is 4. The zero-order valence-corrected chi connectivity index (χ0v) is 37.0. The van der Waals surface area contributed by atoms with Crippen molar-refractivity contribution in [3.63, 3.8) is 0 Å². The first-order valence-electron chi connectivity index (χ1n) is 20.7. The van der Waals surface area contributed by atoms with E-state index in [2.05, 4.69) is 30.2 Å². The molecular formula is C42H50Cl3F3N8O6. The number of hydrogen-bond donors (Lipinski definition) is 3. The number of imidazole rings is 1. The smallest absolute Gasteiger partial charge is 0.453 e. The number of benzene rings is 2. The molecule has 1 aliphatic carbocycles. The summed E-state index contributed by atoms with van der Waals surface area (Å²) in [5.41, 5.74) is 1.69. The molecule has 0 spiro atoms. The van der Waals surface area contributed by atoms with Gasteiger partial charge in [-0.25, -0.2) is 14.6 Å². The van der Waals surface area contributed by atoms with E-state index in [9.17, 15) is 32.3 Å². The van der Waals surface area contributed by atoms with Crippen LogP contribution in [0.1, 0.15) is 58.3 Å². The summed E-state index contributed by atoms with van der Waals surface area (Å²) < 4.78 is 49.6. The molecule has 4 heterocycles. The number of hydrogen-bond acceptors (Lipinski definition) is 8. The zero-order chi connectivity index (χ0) is 44.7. The van der Waals surface area contributed by atoms with Crippen LogP contribution in [0.2, 0.25) is 5.02 Å². The molecule has 20 heteroatoms. The van der Waals surface area contributed by atoms with Crippen molar-refractivity contribution in [3.8, 4) is 28.1 Å². The summed E-state index contributed by atoms with van der Waals surface area (Å²) in [5.74, 6) is -0.603. The normalized spacial score (nSPS) is 22.4. The number of ether oxygens (including phenoxy) is 2. The van der Waals surface area contributed by atoms with Crippen LogP contribution in [0.3, 0.4) is 0 Å². The number of piperidine rings is 1. The van der Waals surface area contributed by atoms with Gasteiger partial charge in [-0.05, 0) is 54.7 Å². The second-order valence-corrected chi connectivity index (χ2v) is 18.8. The lowest BCUT2D eigenvalue weighted by Gasteiger charge is -2.42. The van der Waals surface area contributed by atoms with Gasteiger partial charge in [-0.15, -0.1) is 36.4 Å². The highest BCUT2D eigenvalue weighted by atomic mass is 35.5. The van der Waals surface area contributed by atoms with Crippen LogP contribution < -0.4 is 15.4 Å². The van der Waals surface area contributed by atoms with E-state index < -0.39 is 34.6 Å². The van der Waals surface area contributed by atoms with Crippen LogP contribution in [0.25, 0.3) is 22.4 Å². The van der Waals surface area contributed by atoms with Crippen LogP contribution in [0.4, 0.5) is 28.4 Å². The maximum Gasteiger partial charge on any atom is 0.573 e. The van der Waals surface area contributed by atoms with Crippen molar-refractivity contribution in [1.82, 2.24) is 34.9 Å². The molecule has 1 saturated carbocycles. The predicted octanol–water partition coefficient (Wildman–Crippen LogP) is 7.92. The van der Waals surface area contributed by atoms with E-state index in [1.807, 2.05) is 25.7 Å². The van der Waals surface area contributed by atoms with Crippen LogP contribution in [0.5, 0.6) is 5.75 Å². The summed E-state index contributed by atoms with van der Waals surface area (Å²) in [6, 6.07) is 7.65. The molecule has 1 aromatic heterocycles. The SMILES string of the molecule is COC(=O)N[C@H](C(=O)N1CC(C)C[C@H]1c1ncc(-c2ccc(-c3cc(Cl)c(NC(=O)N4CCN(C5CCN(C(=O)C6CC6(Cl)Cl)CC5)CC4)cc3OC(F)(F)F)cc2)[nH]1)C(C)C. The number of alkyl carbamates (subject to hydrolysis) is 1. The molecule has 4 aliphatic rings. The Balaban J connectivity index is 0.993. The van der Waals surface area contributed by atoms with Gasteiger partial charge in [0, 0.05) is 63.5 Å². The summed E-state index contributed by atoms with van der Waals surface area (Å²) in [7, 11) is 1.24. The third kappa shape index (κ3) is 10.3. The van der Waals surface area contributed by atoms with Gasteiger partial charge in [0.1, 0.15) is 21.9 Å². The number of anilines is 1. The second-order valence-electron chi connectivity index (χ2n) is 16.9. The molecule has 0 bridgehead atoms.